The first-order valence-electron chi connectivity index (χ1n) is 13.1. The Labute approximate surface area is 241 Å². The van der Waals surface area contributed by atoms with Crippen molar-refractivity contribution in [1.82, 2.24) is 10.3 Å². The third-order valence-electron chi connectivity index (χ3n) is 6.50. The van der Waals surface area contributed by atoms with Crippen molar-refractivity contribution in [2.24, 2.45) is 5.92 Å². The number of carbonyl (C=O) groups is 1. The molecule has 0 aliphatic carbocycles. The molecule has 42 heavy (non-hydrogen) atoms. The van der Waals surface area contributed by atoms with Crippen LogP contribution in [0, 0.1) is 28.8 Å². The summed E-state index contributed by atoms with van der Waals surface area (Å²) in [5.74, 6) is -3.63. The molecule has 1 aromatic heterocycles. The molecular weight excluding hydrogens is 571 g/mol. The van der Waals surface area contributed by atoms with E-state index in [1.54, 1.807) is 32.2 Å². The summed E-state index contributed by atoms with van der Waals surface area (Å²) in [6, 6.07) is 8.81. The van der Waals surface area contributed by atoms with Crippen LogP contribution in [0.15, 0.2) is 65.8 Å². The van der Waals surface area contributed by atoms with Crippen molar-refractivity contribution in [3.8, 4) is 0 Å². The number of halogens is 3. The largest absolute Gasteiger partial charge is 0.387 e. The maximum atomic E-state index is 15.8. The summed E-state index contributed by atoms with van der Waals surface area (Å²) in [6.07, 6.45) is 4.44. The molecule has 4 N–H and O–H groups in total. The van der Waals surface area contributed by atoms with Gasteiger partial charge in [-0.3, -0.25) is 14.9 Å². The van der Waals surface area contributed by atoms with Crippen molar-refractivity contribution in [2.75, 3.05) is 23.3 Å². The van der Waals surface area contributed by atoms with Crippen molar-refractivity contribution in [1.29, 1.82) is 5.41 Å². The lowest BCUT2D eigenvalue weighted by Crippen LogP contribution is -2.31. The lowest BCUT2D eigenvalue weighted by Gasteiger charge is -2.23. The molecule has 1 aliphatic rings. The summed E-state index contributed by atoms with van der Waals surface area (Å²) in [6.45, 7) is 4.57. The van der Waals surface area contributed by atoms with Crippen LogP contribution in [0.4, 0.5) is 24.7 Å². The van der Waals surface area contributed by atoms with Crippen LogP contribution in [-0.4, -0.2) is 44.3 Å². The first kappa shape index (κ1) is 30.7. The maximum absolute atomic E-state index is 15.8. The van der Waals surface area contributed by atoms with Crippen LogP contribution < -0.4 is 15.4 Å². The molecule has 2 heterocycles. The fourth-order valence-electron chi connectivity index (χ4n) is 4.13. The van der Waals surface area contributed by atoms with Crippen LogP contribution >= 0.6 is 0 Å². The van der Waals surface area contributed by atoms with E-state index in [9.17, 15) is 22.0 Å². The molecule has 222 valence electrons. The quantitative estimate of drug-likeness (QED) is 0.240. The topological polar surface area (TPSA) is 133 Å². The van der Waals surface area contributed by atoms with Gasteiger partial charge in [-0.25, -0.2) is 26.6 Å². The molecule has 0 saturated carbocycles. The lowest BCUT2D eigenvalue weighted by atomic mass is 9.96. The molecule has 1 aliphatic heterocycles. The van der Waals surface area contributed by atoms with Crippen LogP contribution in [0.3, 0.4) is 0 Å². The number of pyridine rings is 1. The first-order chi connectivity index (χ1) is 20.0. The zero-order valence-electron chi connectivity index (χ0n) is 22.9. The molecule has 2 aromatic carbocycles. The van der Waals surface area contributed by atoms with Crippen LogP contribution in [0.1, 0.15) is 37.8 Å². The molecule has 13 heteroatoms. The minimum Gasteiger partial charge on any atom is -0.387 e. The number of allylic oxidation sites excluding steroid dienone is 1. The molecular formula is C29H30F3N5O4S. The van der Waals surface area contributed by atoms with Gasteiger partial charge in [0.2, 0.25) is 5.91 Å². The predicted molar refractivity (Wildman–Crippen MR) is 153 cm³/mol. The predicted octanol–water partition coefficient (Wildman–Crippen LogP) is 5.07. The number of rotatable bonds is 10. The van der Waals surface area contributed by atoms with Gasteiger partial charge in [-0.15, -0.1) is 0 Å². The Morgan fingerprint density at radius 3 is 2.55 bits per heavy atom. The Kier molecular flexibility index (Phi) is 9.63. The van der Waals surface area contributed by atoms with Gasteiger partial charge in [-0.05, 0) is 60.9 Å². The second-order valence-electron chi connectivity index (χ2n) is 9.91. The van der Waals surface area contributed by atoms with Gasteiger partial charge >= 0.3 is 0 Å². The summed E-state index contributed by atoms with van der Waals surface area (Å²) in [5, 5.41) is 14.9. The molecule has 1 saturated heterocycles. The minimum absolute atomic E-state index is 0.0349. The second-order valence-corrected chi connectivity index (χ2v) is 11.6. The number of sulfonamides is 1. The number of nitrogens with zero attached hydrogens (tertiary/aromatic N) is 1. The van der Waals surface area contributed by atoms with Gasteiger partial charge in [0, 0.05) is 48.7 Å². The van der Waals surface area contributed by atoms with Gasteiger partial charge in [-0.1, -0.05) is 19.9 Å². The van der Waals surface area contributed by atoms with Crippen LogP contribution in [0.5, 0.6) is 0 Å². The highest BCUT2D eigenvalue weighted by Crippen LogP contribution is 2.28. The highest BCUT2D eigenvalue weighted by Gasteiger charge is 2.24. The molecule has 0 bridgehead atoms. The van der Waals surface area contributed by atoms with E-state index >= 15 is 4.39 Å². The van der Waals surface area contributed by atoms with Gasteiger partial charge in [0.15, 0.2) is 5.82 Å². The van der Waals surface area contributed by atoms with E-state index in [1.165, 1.54) is 18.3 Å². The number of hydrogen-bond acceptors (Lipinski definition) is 7. The molecule has 1 fully saturated rings. The van der Waals surface area contributed by atoms with E-state index in [0.29, 0.717) is 43.8 Å². The van der Waals surface area contributed by atoms with Gasteiger partial charge in [0.25, 0.3) is 10.0 Å². The van der Waals surface area contributed by atoms with Crippen molar-refractivity contribution in [3.63, 3.8) is 0 Å². The molecule has 1 amide bonds. The number of benzene rings is 2. The van der Waals surface area contributed by atoms with Crippen molar-refractivity contribution < 1.29 is 31.1 Å². The monoisotopic (exact) mass is 601 g/mol. The normalized spacial score (nSPS) is 14.5. The van der Waals surface area contributed by atoms with E-state index < -0.39 is 38.1 Å². The Morgan fingerprint density at radius 2 is 1.83 bits per heavy atom. The van der Waals surface area contributed by atoms with E-state index in [0.717, 1.165) is 12.1 Å². The number of aromatic nitrogens is 1. The number of carbonyl (C=O) groups excluding carboxylic acids is 1. The van der Waals surface area contributed by atoms with Gasteiger partial charge in [0.1, 0.15) is 22.3 Å². The fourth-order valence-corrected chi connectivity index (χ4v) is 5.28. The van der Waals surface area contributed by atoms with Crippen LogP contribution in [-0.2, 0) is 19.6 Å². The highest BCUT2D eigenvalue weighted by atomic mass is 32.2. The zero-order valence-corrected chi connectivity index (χ0v) is 23.7. The molecule has 0 radical (unpaired) electrons. The minimum atomic E-state index is -4.72. The van der Waals surface area contributed by atoms with E-state index in [2.05, 4.69) is 15.6 Å². The van der Waals surface area contributed by atoms with Crippen molar-refractivity contribution in [2.45, 2.75) is 37.6 Å². The molecule has 9 nitrogen and oxygen atoms in total. The molecule has 0 unspecified atom stereocenters. The standard InChI is InChI=1S/C29H30F3N5O4S/c1-17(2)29(38)36-26-14-18(8-11-34-26)22(16-35-20-9-12-41-13-10-20)28(33)21-4-3-5-24(27(21)32)37-42(39,40)25-15-19(30)6-7-23(25)31/h3-8,11,14-17,20,33,35,37H,9-10,12-13H2,1-2H3,(H,34,36,38)/b22-16-,33-28?. The van der Waals surface area contributed by atoms with Gasteiger partial charge in [0.05, 0.1) is 11.4 Å². The van der Waals surface area contributed by atoms with E-state index in [1.807, 2.05) is 4.72 Å². The number of amides is 1. The summed E-state index contributed by atoms with van der Waals surface area (Å²) >= 11 is 0. The average molecular weight is 602 g/mol. The Bertz CT molecular complexity index is 1620. The Balaban J connectivity index is 1.70. The lowest BCUT2D eigenvalue weighted by molar-refractivity contribution is -0.118. The smallest absolute Gasteiger partial charge is 0.265 e. The van der Waals surface area contributed by atoms with Crippen LogP contribution in [0.2, 0.25) is 0 Å². The molecule has 0 atom stereocenters. The number of anilines is 2. The second kappa shape index (κ2) is 13.2. The summed E-state index contributed by atoms with van der Waals surface area (Å²) < 4.78 is 76.6. The van der Waals surface area contributed by atoms with Crippen LogP contribution in [0.25, 0.3) is 5.57 Å². The average Bonchev–Trinajstić information content (AvgIpc) is 2.96. The summed E-state index contributed by atoms with van der Waals surface area (Å²) in [5.41, 5.74) is -0.464. The van der Waals surface area contributed by atoms with E-state index in [4.69, 9.17) is 10.1 Å². The number of nitrogens with one attached hydrogen (secondary N) is 4. The van der Waals surface area contributed by atoms with Gasteiger partial charge in [-0.2, -0.15) is 0 Å². The van der Waals surface area contributed by atoms with Gasteiger partial charge < -0.3 is 15.4 Å². The third kappa shape index (κ3) is 7.34. The summed E-state index contributed by atoms with van der Waals surface area (Å²) in [7, 11) is -4.72. The summed E-state index contributed by atoms with van der Waals surface area (Å²) in [4.78, 5) is 15.4. The molecule has 4 rings (SSSR count). The number of hydrogen-bond donors (Lipinski definition) is 4. The Morgan fingerprint density at radius 1 is 1.10 bits per heavy atom. The van der Waals surface area contributed by atoms with Crippen molar-refractivity contribution >= 4 is 38.7 Å². The third-order valence-corrected chi connectivity index (χ3v) is 7.88. The Hall–Kier alpha value is -4.23. The highest BCUT2D eigenvalue weighted by molar-refractivity contribution is 7.92. The van der Waals surface area contributed by atoms with E-state index in [-0.39, 0.29) is 40.5 Å². The molecule has 0 spiro atoms. The fraction of sp³-hybridized carbons (Fsp3) is 0.276. The molecule has 3 aromatic rings. The number of ether oxygens (including phenoxy) is 1. The zero-order chi connectivity index (χ0) is 30.4. The first-order valence-corrected chi connectivity index (χ1v) is 14.6. The maximum Gasteiger partial charge on any atom is 0.265 e. The van der Waals surface area contributed by atoms with Crippen molar-refractivity contribution in [3.05, 3.63) is 89.5 Å². The SMILES string of the molecule is CC(C)C(=O)Nc1cc(/C(=C/NC2CCOCC2)C(=N)c2cccc(NS(=O)(=O)c3cc(F)ccc3F)c2F)ccn1.